The third-order valence-electron chi connectivity index (χ3n) is 2.40. The molecule has 0 amide bonds. The summed E-state index contributed by atoms with van der Waals surface area (Å²) in [5, 5.41) is 4.18. The van der Waals surface area contributed by atoms with Crippen LogP contribution in [0.3, 0.4) is 0 Å². The molecule has 4 heteroatoms. The molecule has 3 nitrogen and oxygen atoms in total. The van der Waals surface area contributed by atoms with E-state index >= 15 is 0 Å². The molecule has 0 spiro atoms. The predicted molar refractivity (Wildman–Crippen MR) is 58.4 cm³/mol. The summed E-state index contributed by atoms with van der Waals surface area (Å²) >= 11 is 0. The van der Waals surface area contributed by atoms with Crippen LogP contribution in [0, 0.1) is 5.82 Å². The van der Waals surface area contributed by atoms with E-state index in [2.05, 4.69) is 10.1 Å². The van der Waals surface area contributed by atoms with E-state index in [1.807, 2.05) is 18.2 Å². The summed E-state index contributed by atoms with van der Waals surface area (Å²) < 4.78 is 14.8. The fourth-order valence-corrected chi connectivity index (χ4v) is 1.67. The maximum absolute atomic E-state index is 13.1. The zero-order valence-corrected chi connectivity index (χ0v) is 8.34. The van der Waals surface area contributed by atoms with Crippen molar-refractivity contribution >= 4 is 5.65 Å². The Kier molecular flexibility index (Phi) is 1.93. The molecule has 0 saturated heterocycles. The molecule has 0 aliphatic rings. The summed E-state index contributed by atoms with van der Waals surface area (Å²) in [4.78, 5) is 4.20. The molecule has 0 fully saturated rings. The van der Waals surface area contributed by atoms with Gasteiger partial charge in [0.05, 0.1) is 11.9 Å². The minimum atomic E-state index is -0.261. The van der Waals surface area contributed by atoms with E-state index in [1.165, 1.54) is 12.1 Å². The molecule has 0 unspecified atom stereocenters. The monoisotopic (exact) mass is 213 g/mol. The minimum absolute atomic E-state index is 0.261. The SMILES string of the molecule is Fc1cccc(-c2cnc3cccnn23)c1. The summed E-state index contributed by atoms with van der Waals surface area (Å²) in [5.74, 6) is -0.261. The Hall–Kier alpha value is -2.23. The van der Waals surface area contributed by atoms with Crippen LogP contribution in [-0.4, -0.2) is 14.6 Å². The lowest BCUT2D eigenvalue weighted by atomic mass is 10.2. The Morgan fingerprint density at radius 3 is 2.94 bits per heavy atom. The largest absolute Gasteiger partial charge is 0.235 e. The number of benzene rings is 1. The van der Waals surface area contributed by atoms with Gasteiger partial charge in [0.2, 0.25) is 0 Å². The third kappa shape index (κ3) is 1.35. The van der Waals surface area contributed by atoms with E-state index < -0.39 is 0 Å². The van der Waals surface area contributed by atoms with Gasteiger partial charge in [-0.25, -0.2) is 13.9 Å². The third-order valence-corrected chi connectivity index (χ3v) is 2.40. The second kappa shape index (κ2) is 3.41. The Labute approximate surface area is 91.2 Å². The summed E-state index contributed by atoms with van der Waals surface area (Å²) in [6, 6.07) is 10.1. The quantitative estimate of drug-likeness (QED) is 0.621. The molecule has 0 bridgehead atoms. The first-order valence-corrected chi connectivity index (χ1v) is 4.89. The standard InChI is InChI=1S/C12H8FN3/c13-10-4-1-3-9(7-10)11-8-14-12-5-2-6-15-16(11)12/h1-8H. The predicted octanol–water partition coefficient (Wildman–Crippen LogP) is 2.54. The van der Waals surface area contributed by atoms with Crippen molar-refractivity contribution in [2.45, 2.75) is 0 Å². The fourth-order valence-electron chi connectivity index (χ4n) is 1.67. The molecule has 0 aliphatic carbocycles. The zero-order chi connectivity index (χ0) is 11.0. The summed E-state index contributed by atoms with van der Waals surface area (Å²) in [6.07, 6.45) is 3.37. The highest BCUT2D eigenvalue weighted by Gasteiger charge is 2.06. The average molecular weight is 213 g/mol. The molecule has 0 N–H and O–H groups in total. The van der Waals surface area contributed by atoms with Crippen molar-refractivity contribution in [1.29, 1.82) is 0 Å². The molecule has 2 aromatic heterocycles. The summed E-state index contributed by atoms with van der Waals surface area (Å²) in [7, 11) is 0. The number of aromatic nitrogens is 3. The van der Waals surface area contributed by atoms with Gasteiger partial charge in [-0.3, -0.25) is 0 Å². The van der Waals surface area contributed by atoms with Crippen LogP contribution in [-0.2, 0) is 0 Å². The van der Waals surface area contributed by atoms with Gasteiger partial charge < -0.3 is 0 Å². The van der Waals surface area contributed by atoms with Crippen molar-refractivity contribution in [3.8, 4) is 11.3 Å². The van der Waals surface area contributed by atoms with Gasteiger partial charge in [0.25, 0.3) is 0 Å². The second-order valence-corrected chi connectivity index (χ2v) is 3.45. The average Bonchev–Trinajstić information content (AvgIpc) is 2.72. The van der Waals surface area contributed by atoms with Gasteiger partial charge >= 0.3 is 0 Å². The molecule has 0 saturated carbocycles. The second-order valence-electron chi connectivity index (χ2n) is 3.45. The van der Waals surface area contributed by atoms with Crippen LogP contribution < -0.4 is 0 Å². The first-order valence-electron chi connectivity index (χ1n) is 4.89. The topological polar surface area (TPSA) is 30.2 Å². The van der Waals surface area contributed by atoms with Gasteiger partial charge in [-0.05, 0) is 24.3 Å². The van der Waals surface area contributed by atoms with Crippen molar-refractivity contribution in [1.82, 2.24) is 14.6 Å². The van der Waals surface area contributed by atoms with E-state index in [9.17, 15) is 4.39 Å². The lowest BCUT2D eigenvalue weighted by molar-refractivity contribution is 0.628. The number of hydrogen-bond acceptors (Lipinski definition) is 2. The Balaban J connectivity index is 2.26. The van der Waals surface area contributed by atoms with Crippen molar-refractivity contribution < 1.29 is 4.39 Å². The molecule has 0 radical (unpaired) electrons. The van der Waals surface area contributed by atoms with Gasteiger partial charge in [-0.15, -0.1) is 0 Å². The summed E-state index contributed by atoms with van der Waals surface area (Å²) in [6.45, 7) is 0. The number of imidazole rings is 1. The smallest absolute Gasteiger partial charge is 0.154 e. The molecule has 0 atom stereocenters. The van der Waals surface area contributed by atoms with Gasteiger partial charge in [-0.1, -0.05) is 12.1 Å². The maximum Gasteiger partial charge on any atom is 0.154 e. The molecule has 1 aromatic carbocycles. The lowest BCUT2D eigenvalue weighted by Gasteiger charge is -2.00. The molecule has 78 valence electrons. The molecule has 0 aliphatic heterocycles. The van der Waals surface area contributed by atoms with Gasteiger partial charge in [-0.2, -0.15) is 5.10 Å². The zero-order valence-electron chi connectivity index (χ0n) is 8.34. The molecular weight excluding hydrogens is 205 g/mol. The van der Waals surface area contributed by atoms with Crippen molar-refractivity contribution in [3.05, 3.63) is 54.6 Å². The first-order chi connectivity index (χ1) is 7.84. The number of hydrogen-bond donors (Lipinski definition) is 0. The lowest BCUT2D eigenvalue weighted by Crippen LogP contribution is -1.92. The van der Waals surface area contributed by atoms with Gasteiger partial charge in [0, 0.05) is 11.8 Å². The van der Waals surface area contributed by atoms with Gasteiger partial charge in [0.1, 0.15) is 5.82 Å². The van der Waals surface area contributed by atoms with Crippen LogP contribution in [0.15, 0.2) is 48.8 Å². The van der Waals surface area contributed by atoms with E-state index in [0.29, 0.717) is 0 Å². The Bertz CT molecular complexity index is 645. The molecule has 2 heterocycles. The van der Waals surface area contributed by atoms with Crippen LogP contribution in [0.5, 0.6) is 0 Å². The van der Waals surface area contributed by atoms with E-state index in [4.69, 9.17) is 0 Å². The molecular formula is C12H8FN3. The maximum atomic E-state index is 13.1. The number of fused-ring (bicyclic) bond motifs is 1. The minimum Gasteiger partial charge on any atom is -0.235 e. The highest BCUT2D eigenvalue weighted by atomic mass is 19.1. The highest BCUT2D eigenvalue weighted by Crippen LogP contribution is 2.20. The number of nitrogens with zero attached hydrogens (tertiary/aromatic N) is 3. The highest BCUT2D eigenvalue weighted by molar-refractivity contribution is 5.62. The fraction of sp³-hybridized carbons (Fsp3) is 0. The van der Waals surface area contributed by atoms with Crippen molar-refractivity contribution in [2.75, 3.05) is 0 Å². The van der Waals surface area contributed by atoms with Gasteiger partial charge in [0.15, 0.2) is 5.65 Å². The first kappa shape index (κ1) is 9.03. The van der Waals surface area contributed by atoms with Crippen LogP contribution in [0.2, 0.25) is 0 Å². The summed E-state index contributed by atoms with van der Waals surface area (Å²) in [5.41, 5.74) is 2.31. The molecule has 16 heavy (non-hydrogen) atoms. The number of rotatable bonds is 1. The molecule has 3 rings (SSSR count). The van der Waals surface area contributed by atoms with Crippen LogP contribution in [0.4, 0.5) is 4.39 Å². The van der Waals surface area contributed by atoms with E-state index in [0.717, 1.165) is 16.9 Å². The Morgan fingerprint density at radius 1 is 1.12 bits per heavy atom. The van der Waals surface area contributed by atoms with Crippen LogP contribution >= 0.6 is 0 Å². The van der Waals surface area contributed by atoms with Crippen molar-refractivity contribution in [3.63, 3.8) is 0 Å². The van der Waals surface area contributed by atoms with E-state index in [-0.39, 0.29) is 5.82 Å². The Morgan fingerprint density at radius 2 is 2.06 bits per heavy atom. The van der Waals surface area contributed by atoms with E-state index in [1.54, 1.807) is 23.0 Å². The van der Waals surface area contributed by atoms with Crippen LogP contribution in [0.1, 0.15) is 0 Å². The molecule has 3 aromatic rings. The van der Waals surface area contributed by atoms with Crippen LogP contribution in [0.25, 0.3) is 16.9 Å². The normalized spacial score (nSPS) is 10.8. The van der Waals surface area contributed by atoms with Crippen molar-refractivity contribution in [2.24, 2.45) is 0 Å². The number of halogens is 1.